The quantitative estimate of drug-likeness (QED) is 0.819. The van der Waals surface area contributed by atoms with E-state index in [1.54, 1.807) is 0 Å². The van der Waals surface area contributed by atoms with Crippen LogP contribution >= 0.6 is 0 Å². The number of benzene rings is 2. The highest BCUT2D eigenvalue weighted by Crippen LogP contribution is 2.38. The number of nitrogens with zero attached hydrogens (tertiary/aromatic N) is 2. The molecule has 3 aliphatic heterocycles. The third-order valence-electron chi connectivity index (χ3n) is 6.05. The van der Waals surface area contributed by atoms with Gasteiger partial charge in [-0.15, -0.1) is 0 Å². The van der Waals surface area contributed by atoms with E-state index in [1.165, 1.54) is 11.1 Å². The van der Waals surface area contributed by atoms with Gasteiger partial charge in [0.05, 0.1) is 19.8 Å². The van der Waals surface area contributed by atoms with Crippen molar-refractivity contribution in [3.8, 4) is 11.5 Å². The molecule has 0 aromatic heterocycles. The zero-order valence-corrected chi connectivity index (χ0v) is 16.1. The van der Waals surface area contributed by atoms with Gasteiger partial charge in [0.1, 0.15) is 0 Å². The van der Waals surface area contributed by atoms with Crippen LogP contribution in [0.25, 0.3) is 0 Å². The molecule has 146 valence electrons. The van der Waals surface area contributed by atoms with Gasteiger partial charge in [-0.2, -0.15) is 0 Å². The summed E-state index contributed by atoms with van der Waals surface area (Å²) in [5.41, 5.74) is 3.58. The molecule has 0 bridgehead atoms. The lowest BCUT2D eigenvalue weighted by atomic mass is 10.0. The van der Waals surface area contributed by atoms with Gasteiger partial charge >= 0.3 is 0 Å². The van der Waals surface area contributed by atoms with Crippen LogP contribution in [0.3, 0.4) is 0 Å². The van der Waals surface area contributed by atoms with Crippen molar-refractivity contribution in [3.63, 3.8) is 0 Å². The topological polar surface area (TPSA) is 42.0 Å². The zero-order valence-electron chi connectivity index (χ0n) is 16.1. The molecule has 2 aromatic rings. The summed E-state index contributed by atoms with van der Waals surface area (Å²) in [7, 11) is 0. The molecule has 1 amide bonds. The summed E-state index contributed by atoms with van der Waals surface area (Å²) in [6, 6.07) is 14.8. The number of amides is 1. The van der Waals surface area contributed by atoms with Gasteiger partial charge in [-0.25, -0.2) is 0 Å². The predicted molar refractivity (Wildman–Crippen MR) is 108 cm³/mol. The minimum absolute atomic E-state index is 0.200. The average molecular weight is 378 g/mol. The second kappa shape index (κ2) is 7.47. The SMILES string of the molecule is O=C(CN1CCCC1c1ccc2c(c1)OCCCO2)N1CCc2ccccc21. The van der Waals surface area contributed by atoms with E-state index in [1.807, 2.05) is 23.1 Å². The summed E-state index contributed by atoms with van der Waals surface area (Å²) in [6.45, 7) is 3.61. The molecule has 5 nitrogen and oxygen atoms in total. The van der Waals surface area contributed by atoms with Gasteiger partial charge in [0, 0.05) is 24.7 Å². The highest BCUT2D eigenvalue weighted by molar-refractivity contribution is 5.96. The molecule has 3 heterocycles. The molecule has 0 radical (unpaired) electrons. The molecular formula is C23H26N2O3. The summed E-state index contributed by atoms with van der Waals surface area (Å²) < 4.78 is 11.6. The normalized spacial score (nSPS) is 21.4. The Kier molecular flexibility index (Phi) is 4.69. The van der Waals surface area contributed by atoms with E-state index < -0.39 is 0 Å². The van der Waals surface area contributed by atoms with Gasteiger partial charge in [0.15, 0.2) is 11.5 Å². The fraction of sp³-hybridized carbons (Fsp3) is 0.435. The van der Waals surface area contributed by atoms with Crippen molar-refractivity contribution in [3.05, 3.63) is 53.6 Å². The third-order valence-corrected chi connectivity index (χ3v) is 6.05. The first-order chi connectivity index (χ1) is 13.8. The van der Waals surface area contributed by atoms with Crippen molar-refractivity contribution >= 4 is 11.6 Å². The van der Waals surface area contributed by atoms with Crippen LogP contribution in [0.5, 0.6) is 11.5 Å². The van der Waals surface area contributed by atoms with Crippen LogP contribution in [0.15, 0.2) is 42.5 Å². The molecule has 28 heavy (non-hydrogen) atoms. The van der Waals surface area contributed by atoms with E-state index in [2.05, 4.69) is 29.2 Å². The Morgan fingerprint density at radius 1 is 1.00 bits per heavy atom. The van der Waals surface area contributed by atoms with Gasteiger partial charge in [-0.1, -0.05) is 24.3 Å². The summed E-state index contributed by atoms with van der Waals surface area (Å²) in [6.07, 6.45) is 4.05. The van der Waals surface area contributed by atoms with Crippen molar-refractivity contribution < 1.29 is 14.3 Å². The van der Waals surface area contributed by atoms with Gasteiger partial charge in [0.2, 0.25) is 5.91 Å². The summed E-state index contributed by atoms with van der Waals surface area (Å²) in [5, 5.41) is 0. The predicted octanol–water partition coefficient (Wildman–Crippen LogP) is 3.57. The van der Waals surface area contributed by atoms with Crippen LogP contribution in [0.4, 0.5) is 5.69 Å². The fourth-order valence-corrected chi connectivity index (χ4v) is 4.64. The number of anilines is 1. The lowest BCUT2D eigenvalue weighted by molar-refractivity contribution is -0.119. The van der Waals surface area contributed by atoms with E-state index in [9.17, 15) is 4.79 Å². The lowest BCUT2D eigenvalue weighted by Crippen LogP contribution is -2.39. The molecule has 1 atom stereocenters. The summed E-state index contributed by atoms with van der Waals surface area (Å²) in [5.74, 6) is 1.86. The first-order valence-electron chi connectivity index (χ1n) is 10.3. The Bertz CT molecular complexity index is 882. The molecule has 1 saturated heterocycles. The highest BCUT2D eigenvalue weighted by Gasteiger charge is 2.32. The molecule has 1 unspecified atom stereocenters. The molecule has 0 spiro atoms. The standard InChI is InChI=1S/C23H26N2O3/c26-23(25-12-10-17-5-1-2-6-20(17)25)16-24-11-3-7-19(24)18-8-9-21-22(15-18)28-14-4-13-27-21/h1-2,5-6,8-9,15,19H,3-4,7,10-14,16H2. The lowest BCUT2D eigenvalue weighted by Gasteiger charge is -2.27. The molecule has 1 fully saturated rings. The van der Waals surface area contributed by atoms with Gasteiger partial charge in [-0.3, -0.25) is 9.69 Å². The van der Waals surface area contributed by atoms with Crippen LogP contribution in [0, 0.1) is 0 Å². The smallest absolute Gasteiger partial charge is 0.241 e. The Labute approximate surface area is 165 Å². The minimum Gasteiger partial charge on any atom is -0.490 e. The first-order valence-corrected chi connectivity index (χ1v) is 10.3. The Morgan fingerprint density at radius 2 is 1.86 bits per heavy atom. The van der Waals surface area contributed by atoms with Crippen molar-refractivity contribution in [2.24, 2.45) is 0 Å². The second-order valence-corrected chi connectivity index (χ2v) is 7.81. The van der Waals surface area contributed by atoms with Crippen LogP contribution < -0.4 is 14.4 Å². The molecule has 0 N–H and O–H groups in total. The van der Waals surface area contributed by atoms with Gasteiger partial charge in [0.25, 0.3) is 0 Å². The number of carbonyl (C=O) groups is 1. The van der Waals surface area contributed by atoms with Gasteiger partial charge < -0.3 is 14.4 Å². The maximum Gasteiger partial charge on any atom is 0.241 e. The maximum atomic E-state index is 13.1. The average Bonchev–Trinajstić information content (AvgIpc) is 3.28. The zero-order chi connectivity index (χ0) is 18.9. The fourth-order valence-electron chi connectivity index (χ4n) is 4.64. The molecular weight excluding hydrogens is 352 g/mol. The maximum absolute atomic E-state index is 13.1. The Hall–Kier alpha value is -2.53. The number of rotatable bonds is 3. The molecule has 5 heteroatoms. The molecule has 0 aliphatic carbocycles. The monoisotopic (exact) mass is 378 g/mol. The second-order valence-electron chi connectivity index (χ2n) is 7.81. The molecule has 3 aliphatic rings. The van der Waals surface area contributed by atoms with E-state index >= 15 is 0 Å². The molecule has 0 saturated carbocycles. The number of para-hydroxylation sites is 1. The Balaban J connectivity index is 1.32. The van der Waals surface area contributed by atoms with Crippen LogP contribution in [-0.2, 0) is 11.2 Å². The Morgan fingerprint density at radius 3 is 2.79 bits per heavy atom. The number of ether oxygens (including phenoxy) is 2. The van der Waals surface area contributed by atoms with Crippen molar-refractivity contribution in [1.29, 1.82) is 0 Å². The van der Waals surface area contributed by atoms with E-state index in [0.717, 1.165) is 56.0 Å². The number of likely N-dealkylation sites (tertiary alicyclic amines) is 1. The summed E-state index contributed by atoms with van der Waals surface area (Å²) in [4.78, 5) is 17.3. The van der Waals surface area contributed by atoms with E-state index in [-0.39, 0.29) is 11.9 Å². The van der Waals surface area contributed by atoms with E-state index in [0.29, 0.717) is 19.8 Å². The highest BCUT2D eigenvalue weighted by atomic mass is 16.5. The molecule has 2 aromatic carbocycles. The minimum atomic E-state index is 0.200. The number of fused-ring (bicyclic) bond motifs is 2. The van der Waals surface area contributed by atoms with Crippen molar-refractivity contribution in [1.82, 2.24) is 4.90 Å². The van der Waals surface area contributed by atoms with Crippen LogP contribution in [-0.4, -0.2) is 43.7 Å². The first kappa shape index (κ1) is 17.6. The van der Waals surface area contributed by atoms with Crippen LogP contribution in [0.2, 0.25) is 0 Å². The largest absolute Gasteiger partial charge is 0.490 e. The number of hydrogen-bond donors (Lipinski definition) is 0. The summed E-state index contributed by atoms with van der Waals surface area (Å²) >= 11 is 0. The van der Waals surface area contributed by atoms with Crippen molar-refractivity contribution in [2.45, 2.75) is 31.7 Å². The molecule has 5 rings (SSSR count). The number of hydrogen-bond acceptors (Lipinski definition) is 4. The third kappa shape index (κ3) is 3.24. The van der Waals surface area contributed by atoms with Gasteiger partial charge in [-0.05, 0) is 55.1 Å². The number of carbonyl (C=O) groups excluding carboxylic acids is 1. The van der Waals surface area contributed by atoms with E-state index in [4.69, 9.17) is 9.47 Å². The van der Waals surface area contributed by atoms with Crippen LogP contribution in [0.1, 0.15) is 36.4 Å². The van der Waals surface area contributed by atoms with Crippen molar-refractivity contribution in [2.75, 3.05) is 37.7 Å².